The molecule has 1 fully saturated rings. The molecule has 2 aliphatic rings. The third-order valence-corrected chi connectivity index (χ3v) is 8.66. The van der Waals surface area contributed by atoms with E-state index in [0.29, 0.717) is 38.6 Å². The van der Waals surface area contributed by atoms with Crippen molar-refractivity contribution >= 4 is 56.4 Å². The van der Waals surface area contributed by atoms with Crippen molar-refractivity contribution in [2.24, 2.45) is 11.1 Å². The Morgan fingerprint density at radius 2 is 2.08 bits per heavy atom. The molecule has 5 rings (SSSR count). The number of nitrogens with zero attached hydrogens (tertiary/aromatic N) is 2. The number of fused-ring (bicyclic) bond motifs is 1. The molecule has 196 valence electrons. The van der Waals surface area contributed by atoms with Crippen LogP contribution in [0.5, 0.6) is 0 Å². The molecule has 1 aliphatic heterocycles. The predicted octanol–water partition coefficient (Wildman–Crippen LogP) is 4.54. The molecule has 13 heteroatoms. The second-order valence-corrected chi connectivity index (χ2v) is 12.4. The first-order valence-electron chi connectivity index (χ1n) is 11.7. The first kappa shape index (κ1) is 26.5. The molecule has 1 unspecified atom stereocenters. The number of nitrogens with one attached hydrogen (secondary N) is 1. The van der Waals surface area contributed by atoms with E-state index in [2.05, 4.69) is 15.3 Å². The Balaban J connectivity index is 1.34. The summed E-state index contributed by atoms with van der Waals surface area (Å²) >= 11 is 14.0. The molecule has 1 aromatic carbocycles. The number of thiophene rings is 1. The van der Waals surface area contributed by atoms with E-state index in [1.165, 1.54) is 23.9 Å². The smallest absolute Gasteiger partial charge is 0.333 e. The SMILES string of the molecule is NS(=O)(=O)OC[C@@H]1CC[C@H](Nc2ncncc2C(=O)c2cc(C3OCCc4ccc(Cl)cc43)c(Cl)s2)C1. The van der Waals surface area contributed by atoms with Crippen LogP contribution in [0.25, 0.3) is 0 Å². The number of aromatic nitrogens is 2. The molecule has 1 saturated carbocycles. The number of nitrogens with two attached hydrogens (primary N) is 1. The molecule has 9 nitrogen and oxygen atoms in total. The zero-order valence-electron chi connectivity index (χ0n) is 19.5. The number of benzene rings is 1. The van der Waals surface area contributed by atoms with Gasteiger partial charge in [-0.2, -0.15) is 8.42 Å². The van der Waals surface area contributed by atoms with Crippen molar-refractivity contribution < 1.29 is 22.1 Å². The average molecular weight is 584 g/mol. The Hall–Kier alpha value is -2.12. The van der Waals surface area contributed by atoms with Crippen LogP contribution in [0.4, 0.5) is 5.82 Å². The van der Waals surface area contributed by atoms with Crippen molar-refractivity contribution in [2.75, 3.05) is 18.5 Å². The van der Waals surface area contributed by atoms with Gasteiger partial charge < -0.3 is 10.1 Å². The van der Waals surface area contributed by atoms with Gasteiger partial charge in [0.2, 0.25) is 5.78 Å². The number of ether oxygens (including phenoxy) is 1. The fourth-order valence-corrected chi connectivity index (χ4v) is 6.66. The van der Waals surface area contributed by atoms with Gasteiger partial charge in [0.25, 0.3) is 0 Å². The zero-order valence-corrected chi connectivity index (χ0v) is 22.7. The van der Waals surface area contributed by atoms with Crippen LogP contribution in [0.3, 0.4) is 0 Å². The molecule has 0 radical (unpaired) electrons. The maximum absolute atomic E-state index is 13.5. The van der Waals surface area contributed by atoms with Crippen LogP contribution in [-0.2, 0) is 25.6 Å². The maximum Gasteiger partial charge on any atom is 0.333 e. The van der Waals surface area contributed by atoms with E-state index >= 15 is 0 Å². The third kappa shape index (κ3) is 6.14. The topological polar surface area (TPSA) is 134 Å². The lowest BCUT2D eigenvalue weighted by Crippen LogP contribution is -2.22. The fraction of sp³-hybridized carbons (Fsp3) is 0.375. The second-order valence-electron chi connectivity index (χ2n) is 9.10. The second kappa shape index (κ2) is 10.9. The normalized spacial score (nSPS) is 21.5. The van der Waals surface area contributed by atoms with Crippen molar-refractivity contribution in [2.45, 2.75) is 37.8 Å². The van der Waals surface area contributed by atoms with Gasteiger partial charge in [-0.25, -0.2) is 15.1 Å². The molecule has 0 spiro atoms. The summed E-state index contributed by atoms with van der Waals surface area (Å²) in [5, 5.41) is 8.85. The van der Waals surface area contributed by atoms with Crippen LogP contribution in [0.2, 0.25) is 9.36 Å². The highest BCUT2D eigenvalue weighted by atomic mass is 35.5. The maximum atomic E-state index is 13.5. The Bertz CT molecular complexity index is 1430. The van der Waals surface area contributed by atoms with Gasteiger partial charge in [0, 0.05) is 22.8 Å². The van der Waals surface area contributed by atoms with Crippen molar-refractivity contribution in [1.29, 1.82) is 0 Å². The van der Waals surface area contributed by atoms with Gasteiger partial charge in [-0.15, -0.1) is 11.3 Å². The highest BCUT2D eigenvalue weighted by Gasteiger charge is 2.30. The summed E-state index contributed by atoms with van der Waals surface area (Å²) in [5.74, 6) is 0.188. The summed E-state index contributed by atoms with van der Waals surface area (Å²) < 4.78 is 33.4. The van der Waals surface area contributed by atoms with E-state index in [0.717, 1.165) is 36.0 Å². The number of rotatable bonds is 8. The summed E-state index contributed by atoms with van der Waals surface area (Å²) in [4.78, 5) is 22.3. The van der Waals surface area contributed by atoms with Gasteiger partial charge in [-0.1, -0.05) is 29.3 Å². The summed E-state index contributed by atoms with van der Waals surface area (Å²) in [7, 11) is -3.98. The van der Waals surface area contributed by atoms with E-state index < -0.39 is 16.4 Å². The average Bonchev–Trinajstić information content (AvgIpc) is 3.48. The molecule has 3 heterocycles. The van der Waals surface area contributed by atoms with Crippen LogP contribution < -0.4 is 10.5 Å². The van der Waals surface area contributed by atoms with Crippen LogP contribution in [0, 0.1) is 5.92 Å². The van der Waals surface area contributed by atoms with Gasteiger partial charge >= 0.3 is 10.3 Å². The lowest BCUT2D eigenvalue weighted by atomic mass is 9.94. The van der Waals surface area contributed by atoms with Crippen LogP contribution >= 0.6 is 34.5 Å². The van der Waals surface area contributed by atoms with Crippen molar-refractivity contribution in [3.8, 4) is 0 Å². The molecule has 1 aliphatic carbocycles. The quantitative estimate of drug-likeness (QED) is 0.370. The molecule has 0 amide bonds. The molecule has 3 atom stereocenters. The van der Waals surface area contributed by atoms with E-state index in [1.54, 1.807) is 6.07 Å². The highest BCUT2D eigenvalue weighted by Crippen LogP contribution is 2.42. The molecule has 0 bridgehead atoms. The lowest BCUT2D eigenvalue weighted by Gasteiger charge is -2.26. The Morgan fingerprint density at radius 1 is 1.24 bits per heavy atom. The largest absolute Gasteiger partial charge is 0.368 e. The number of anilines is 1. The summed E-state index contributed by atoms with van der Waals surface area (Å²) in [6.07, 6.45) is 5.41. The number of ketones is 1. The minimum Gasteiger partial charge on any atom is -0.368 e. The fourth-order valence-electron chi connectivity index (χ4n) is 4.83. The summed E-state index contributed by atoms with van der Waals surface area (Å²) in [5.41, 5.74) is 3.13. The van der Waals surface area contributed by atoms with E-state index in [1.807, 2.05) is 18.2 Å². The first-order chi connectivity index (χ1) is 17.7. The summed E-state index contributed by atoms with van der Waals surface area (Å²) in [6.45, 7) is 0.570. The Labute approximate surface area is 228 Å². The van der Waals surface area contributed by atoms with E-state index in [4.69, 9.17) is 37.3 Å². The number of carbonyl (C=O) groups is 1. The molecular weight excluding hydrogens is 559 g/mol. The molecule has 37 heavy (non-hydrogen) atoms. The molecule has 3 aromatic rings. The first-order valence-corrected chi connectivity index (χ1v) is 14.7. The summed E-state index contributed by atoms with van der Waals surface area (Å²) in [6, 6.07) is 7.49. The van der Waals surface area contributed by atoms with Gasteiger partial charge in [0.1, 0.15) is 18.2 Å². The van der Waals surface area contributed by atoms with E-state index in [-0.39, 0.29) is 24.3 Å². The van der Waals surface area contributed by atoms with Crippen molar-refractivity contribution in [3.63, 3.8) is 0 Å². The number of hydrogen-bond acceptors (Lipinski definition) is 9. The highest BCUT2D eigenvalue weighted by molar-refractivity contribution is 7.84. The van der Waals surface area contributed by atoms with Gasteiger partial charge in [0.05, 0.1) is 28.0 Å². The zero-order chi connectivity index (χ0) is 26.2. The van der Waals surface area contributed by atoms with Gasteiger partial charge in [-0.05, 0) is 60.9 Å². The standard InChI is InChI=1S/C24H24Cl2N4O5S2/c25-15-3-2-14-5-6-34-22(17(14)8-15)18-9-20(36-23(18)26)21(31)19-10-28-12-29-24(19)30-16-4-1-13(7-16)11-35-37(27,32)33/h2-3,8-10,12-13,16,22H,1,4-7,11H2,(H2,27,32,33)(H,28,29,30)/t13-,16+,22?/m1/s1. The molecule has 3 N–H and O–H groups in total. The van der Waals surface area contributed by atoms with Crippen LogP contribution in [0.1, 0.15) is 57.3 Å². The van der Waals surface area contributed by atoms with Crippen LogP contribution in [0.15, 0.2) is 36.8 Å². The lowest BCUT2D eigenvalue weighted by molar-refractivity contribution is 0.0701. The number of carbonyl (C=O) groups excluding carboxylic acids is 1. The van der Waals surface area contributed by atoms with Crippen LogP contribution in [-0.4, -0.2) is 43.4 Å². The minimum absolute atomic E-state index is 0.00472. The minimum atomic E-state index is -3.98. The number of hydrogen-bond donors (Lipinski definition) is 2. The predicted molar refractivity (Wildman–Crippen MR) is 142 cm³/mol. The van der Waals surface area contributed by atoms with E-state index in [9.17, 15) is 13.2 Å². The van der Waals surface area contributed by atoms with Crippen molar-refractivity contribution in [3.05, 3.63) is 73.3 Å². The van der Waals surface area contributed by atoms with Crippen molar-refractivity contribution in [1.82, 2.24) is 9.97 Å². The molecular formula is C24H24Cl2N4O5S2. The van der Waals surface area contributed by atoms with Gasteiger partial charge in [0.15, 0.2) is 0 Å². The monoisotopic (exact) mass is 582 g/mol. The Kier molecular flexibility index (Phi) is 7.83. The molecule has 2 aromatic heterocycles. The molecule has 0 saturated heterocycles. The Morgan fingerprint density at radius 3 is 2.89 bits per heavy atom. The van der Waals surface area contributed by atoms with Gasteiger partial charge in [-0.3, -0.25) is 8.98 Å². The third-order valence-electron chi connectivity index (χ3n) is 6.57. The number of halogens is 2.